The van der Waals surface area contributed by atoms with Crippen LogP contribution in [0.15, 0.2) is 156 Å². The molecule has 6 nitrogen and oxygen atoms in total. The number of ether oxygens (including phenoxy) is 2. The van der Waals surface area contributed by atoms with E-state index < -0.39 is 0 Å². The topological polar surface area (TPSA) is 69.0 Å². The van der Waals surface area contributed by atoms with Gasteiger partial charge in [-0.05, 0) is 81.9 Å². The average molecular weight is 705 g/mol. The Bertz CT molecular complexity index is 2480. The van der Waals surface area contributed by atoms with Crippen molar-refractivity contribution in [2.45, 2.75) is 51.0 Å². The fourth-order valence-corrected chi connectivity index (χ4v) is 7.41. The van der Waals surface area contributed by atoms with Crippen molar-refractivity contribution in [1.82, 2.24) is 9.97 Å². The lowest BCUT2D eigenvalue weighted by Crippen LogP contribution is -2.27. The van der Waals surface area contributed by atoms with E-state index in [-0.39, 0.29) is 12.1 Å². The molecule has 0 radical (unpaired) electrons. The average Bonchev–Trinajstić information content (AvgIpc) is 3.23. The molecule has 0 spiro atoms. The molecule has 54 heavy (non-hydrogen) atoms. The molecule has 2 atom stereocenters. The van der Waals surface area contributed by atoms with Gasteiger partial charge >= 0.3 is 0 Å². The molecule has 0 amide bonds. The largest absolute Gasteiger partial charge is 0.487 e. The molecule has 8 aromatic rings. The number of nitrogens with zero attached hydrogens (tertiary/aromatic N) is 4. The van der Waals surface area contributed by atoms with Crippen molar-refractivity contribution in [3.63, 3.8) is 0 Å². The Labute approximate surface area is 314 Å². The second-order valence-electron chi connectivity index (χ2n) is 14.0. The molecule has 2 heterocycles. The monoisotopic (exact) mass is 704 g/mol. The van der Waals surface area contributed by atoms with Gasteiger partial charge < -0.3 is 9.47 Å². The maximum atomic E-state index is 6.34. The molecule has 1 fully saturated rings. The van der Waals surface area contributed by atoms with Crippen LogP contribution in [-0.4, -0.2) is 34.5 Å². The van der Waals surface area contributed by atoms with Gasteiger partial charge in [0.15, 0.2) is 0 Å². The van der Waals surface area contributed by atoms with Crippen molar-refractivity contribution in [3.8, 4) is 11.5 Å². The Hall–Kier alpha value is -6.40. The van der Waals surface area contributed by atoms with Gasteiger partial charge in [0.05, 0.1) is 23.5 Å². The van der Waals surface area contributed by atoms with Gasteiger partial charge in [-0.15, -0.1) is 0 Å². The van der Waals surface area contributed by atoms with Gasteiger partial charge in [-0.3, -0.25) is 9.98 Å². The summed E-state index contributed by atoms with van der Waals surface area (Å²) in [5.41, 5.74) is 5.54. The first-order valence-electron chi connectivity index (χ1n) is 18.8. The number of hydrogen-bond acceptors (Lipinski definition) is 6. The van der Waals surface area contributed by atoms with Gasteiger partial charge in [-0.25, -0.2) is 9.97 Å². The summed E-state index contributed by atoms with van der Waals surface area (Å²) in [6.07, 6.45) is 8.07. The van der Waals surface area contributed by atoms with Crippen LogP contribution in [0.4, 0.5) is 0 Å². The van der Waals surface area contributed by atoms with Crippen molar-refractivity contribution < 1.29 is 9.47 Å². The standard InChI is InChI=1S/C48H40N4O2/c1-3-11-39-27-33(19-21-35(39)9-1)31-53-45-17-7-13-37-23-25-41(51-47(37)45)29-49-43-15-5-6-16-44(43)50-30-42-26-24-38-14-8-18-46(48(38)52-42)54-32-34-20-22-36-10-2-4-12-40(36)28-34/h1-4,7-14,17-30,43-44H,5-6,15-16,31-32H2/t43-,44-/m0/s1. The highest BCUT2D eigenvalue weighted by Crippen LogP contribution is 2.29. The number of rotatable bonds is 10. The van der Waals surface area contributed by atoms with E-state index in [0.29, 0.717) is 13.2 Å². The lowest BCUT2D eigenvalue weighted by molar-refractivity contribution is 0.309. The molecule has 6 aromatic carbocycles. The van der Waals surface area contributed by atoms with Crippen LogP contribution in [0.1, 0.15) is 48.2 Å². The fourth-order valence-electron chi connectivity index (χ4n) is 7.41. The molecular weight excluding hydrogens is 665 g/mol. The SMILES string of the molecule is C(=N[C@H]1CCCC[C@@H]1N=Cc1ccc2cccc(OCc3ccc4ccccc4c3)c2n1)c1ccc2cccc(OCc3ccc4ccccc4c3)c2n1. The van der Waals surface area contributed by atoms with Crippen molar-refractivity contribution in [3.05, 3.63) is 168 Å². The minimum atomic E-state index is 0.0770. The third-order valence-electron chi connectivity index (χ3n) is 10.3. The van der Waals surface area contributed by atoms with Crippen LogP contribution < -0.4 is 9.47 Å². The molecule has 264 valence electrons. The minimum Gasteiger partial charge on any atom is -0.487 e. The van der Waals surface area contributed by atoms with E-state index in [1.807, 2.05) is 48.8 Å². The summed E-state index contributed by atoms with van der Waals surface area (Å²) in [6, 6.07) is 50.2. The van der Waals surface area contributed by atoms with Crippen LogP contribution in [0.3, 0.4) is 0 Å². The fraction of sp³-hybridized carbons (Fsp3) is 0.167. The summed E-state index contributed by atoms with van der Waals surface area (Å²) >= 11 is 0. The maximum absolute atomic E-state index is 6.34. The normalized spacial score (nSPS) is 16.2. The smallest absolute Gasteiger partial charge is 0.146 e. The zero-order valence-corrected chi connectivity index (χ0v) is 30.0. The van der Waals surface area contributed by atoms with Crippen LogP contribution in [0.25, 0.3) is 43.4 Å². The number of hydrogen-bond donors (Lipinski definition) is 0. The second-order valence-corrected chi connectivity index (χ2v) is 14.0. The molecule has 0 bridgehead atoms. The molecule has 2 aromatic heterocycles. The lowest BCUT2D eigenvalue weighted by Gasteiger charge is -2.25. The zero-order chi connectivity index (χ0) is 36.1. The Morgan fingerprint density at radius 1 is 0.463 bits per heavy atom. The highest BCUT2D eigenvalue weighted by Gasteiger charge is 2.23. The Balaban J connectivity index is 0.894. The predicted molar refractivity (Wildman–Crippen MR) is 221 cm³/mol. The summed E-state index contributed by atoms with van der Waals surface area (Å²) in [6.45, 7) is 0.939. The Morgan fingerprint density at radius 2 is 0.889 bits per heavy atom. The first kappa shape index (κ1) is 33.4. The van der Waals surface area contributed by atoms with Crippen LogP contribution in [0, 0.1) is 0 Å². The molecule has 0 N–H and O–H groups in total. The van der Waals surface area contributed by atoms with Crippen LogP contribution in [0.2, 0.25) is 0 Å². The molecule has 9 rings (SSSR count). The molecule has 0 unspecified atom stereocenters. The highest BCUT2D eigenvalue weighted by atomic mass is 16.5. The summed E-state index contributed by atoms with van der Waals surface area (Å²) in [4.78, 5) is 20.1. The summed E-state index contributed by atoms with van der Waals surface area (Å²) in [5.74, 6) is 1.53. The maximum Gasteiger partial charge on any atom is 0.146 e. The van der Waals surface area contributed by atoms with Gasteiger partial charge in [0.1, 0.15) is 35.7 Å². The molecule has 1 aliphatic rings. The van der Waals surface area contributed by atoms with Crippen molar-refractivity contribution in [2.24, 2.45) is 9.98 Å². The second kappa shape index (κ2) is 15.3. The lowest BCUT2D eigenvalue weighted by atomic mass is 9.91. The molecule has 0 saturated heterocycles. The van der Waals surface area contributed by atoms with E-state index in [4.69, 9.17) is 29.4 Å². The van der Waals surface area contributed by atoms with E-state index in [1.165, 1.54) is 21.5 Å². The number of para-hydroxylation sites is 2. The van der Waals surface area contributed by atoms with Gasteiger partial charge in [0, 0.05) is 23.2 Å². The summed E-state index contributed by atoms with van der Waals surface area (Å²) in [5, 5.41) is 6.93. The van der Waals surface area contributed by atoms with Crippen LogP contribution >= 0.6 is 0 Å². The predicted octanol–water partition coefficient (Wildman–Crippen LogP) is 11.1. The van der Waals surface area contributed by atoms with Gasteiger partial charge in [-0.1, -0.05) is 122 Å². The van der Waals surface area contributed by atoms with Crippen molar-refractivity contribution in [1.29, 1.82) is 0 Å². The van der Waals surface area contributed by atoms with Gasteiger partial charge in [0.2, 0.25) is 0 Å². The van der Waals surface area contributed by atoms with E-state index in [1.54, 1.807) is 0 Å². The van der Waals surface area contributed by atoms with E-state index in [2.05, 4.69) is 109 Å². The van der Waals surface area contributed by atoms with Crippen molar-refractivity contribution >= 4 is 55.8 Å². The summed E-state index contributed by atoms with van der Waals surface area (Å²) in [7, 11) is 0. The van der Waals surface area contributed by atoms with Gasteiger partial charge in [0.25, 0.3) is 0 Å². The number of aromatic nitrogens is 2. The molecular formula is C48H40N4O2. The van der Waals surface area contributed by atoms with E-state index in [0.717, 1.165) is 81.5 Å². The molecule has 1 saturated carbocycles. The molecule has 6 heteroatoms. The first-order valence-corrected chi connectivity index (χ1v) is 18.8. The zero-order valence-electron chi connectivity index (χ0n) is 30.0. The summed E-state index contributed by atoms with van der Waals surface area (Å²) < 4.78 is 12.7. The van der Waals surface area contributed by atoms with Crippen LogP contribution in [-0.2, 0) is 13.2 Å². The number of aliphatic imine (C=N–C) groups is 2. The first-order chi connectivity index (χ1) is 26.7. The third kappa shape index (κ3) is 7.42. The molecule has 0 aliphatic heterocycles. The van der Waals surface area contributed by atoms with Gasteiger partial charge in [-0.2, -0.15) is 0 Å². The Kier molecular flexibility index (Phi) is 9.47. The van der Waals surface area contributed by atoms with E-state index >= 15 is 0 Å². The van der Waals surface area contributed by atoms with E-state index in [9.17, 15) is 0 Å². The number of benzene rings is 6. The molecule has 1 aliphatic carbocycles. The minimum absolute atomic E-state index is 0.0770. The third-order valence-corrected chi connectivity index (χ3v) is 10.3. The quantitative estimate of drug-likeness (QED) is 0.133. The van der Waals surface area contributed by atoms with Crippen LogP contribution in [0.5, 0.6) is 11.5 Å². The Morgan fingerprint density at radius 3 is 1.37 bits per heavy atom. The van der Waals surface area contributed by atoms with Crippen molar-refractivity contribution in [2.75, 3.05) is 0 Å². The number of fused-ring (bicyclic) bond motifs is 4. The highest BCUT2D eigenvalue weighted by molar-refractivity contribution is 5.90. The number of pyridine rings is 2.